The van der Waals surface area contributed by atoms with Crippen LogP contribution >= 0.6 is 11.6 Å². The fourth-order valence-corrected chi connectivity index (χ4v) is 4.42. The third kappa shape index (κ3) is 4.26. The molecule has 0 aliphatic carbocycles. The lowest BCUT2D eigenvalue weighted by atomic mass is 10.2. The van der Waals surface area contributed by atoms with Gasteiger partial charge in [0.15, 0.2) is 21.3 Å². The monoisotopic (exact) mass is 380 g/mol. The first-order valence-corrected chi connectivity index (χ1v) is 9.91. The molecule has 1 fully saturated rings. The lowest BCUT2D eigenvalue weighted by Crippen LogP contribution is -2.36. The van der Waals surface area contributed by atoms with Gasteiger partial charge in [0.25, 0.3) is 5.91 Å². The normalized spacial score (nSPS) is 18.7. The van der Waals surface area contributed by atoms with E-state index in [1.54, 1.807) is 12.1 Å². The maximum absolute atomic E-state index is 12.1. The molecule has 1 amide bonds. The van der Waals surface area contributed by atoms with E-state index in [1.165, 1.54) is 6.07 Å². The average molecular weight is 381 g/mol. The first-order chi connectivity index (χ1) is 11.8. The number of hydrogen-bond acceptors (Lipinski definition) is 6. The third-order valence-electron chi connectivity index (χ3n) is 4.00. The van der Waals surface area contributed by atoms with E-state index in [0.717, 1.165) is 11.3 Å². The second-order valence-corrected chi connectivity index (χ2v) is 8.55. The van der Waals surface area contributed by atoms with Gasteiger partial charge in [-0.2, -0.15) is 0 Å². The van der Waals surface area contributed by atoms with Gasteiger partial charge in [0.1, 0.15) is 0 Å². The molecule has 7 nitrogen and oxygen atoms in total. The number of rotatable bonds is 4. The van der Waals surface area contributed by atoms with Crippen molar-refractivity contribution < 1.29 is 13.2 Å². The summed E-state index contributed by atoms with van der Waals surface area (Å²) in [5.41, 5.74) is 1.82. The van der Waals surface area contributed by atoms with Crippen LogP contribution in [0.4, 0.5) is 11.5 Å². The zero-order valence-electron chi connectivity index (χ0n) is 13.5. The Bertz CT molecular complexity index is 900. The molecule has 1 aliphatic rings. The van der Waals surface area contributed by atoms with Crippen molar-refractivity contribution in [1.82, 2.24) is 15.5 Å². The second-order valence-electron chi connectivity index (χ2n) is 5.91. The highest BCUT2D eigenvalue weighted by molar-refractivity contribution is 7.91. The standard InChI is InChI=1S/C16H17ClN4O3S/c1-10-12(17)3-2-4-13(10)19-15-6-5-14(20-21-15)16(22)18-11-7-8-25(23,24)9-11/h2-6,11H,7-9H2,1H3,(H,18,22)(H,19,21). The number of nitrogens with zero attached hydrogens (tertiary/aromatic N) is 2. The fraction of sp³-hybridized carbons (Fsp3) is 0.312. The first kappa shape index (κ1) is 17.6. The van der Waals surface area contributed by atoms with Crippen LogP contribution in [-0.4, -0.2) is 42.1 Å². The SMILES string of the molecule is Cc1c(Cl)cccc1Nc1ccc(C(=O)NC2CCS(=O)(=O)C2)nn1. The summed E-state index contributed by atoms with van der Waals surface area (Å²) in [5.74, 6) is 0.121. The molecule has 1 aromatic carbocycles. The van der Waals surface area contributed by atoms with Crippen molar-refractivity contribution >= 4 is 38.9 Å². The molecule has 1 atom stereocenters. The van der Waals surface area contributed by atoms with Crippen LogP contribution in [0.25, 0.3) is 0 Å². The molecule has 25 heavy (non-hydrogen) atoms. The van der Waals surface area contributed by atoms with Crippen LogP contribution in [0.5, 0.6) is 0 Å². The van der Waals surface area contributed by atoms with Gasteiger partial charge >= 0.3 is 0 Å². The number of benzene rings is 1. The van der Waals surface area contributed by atoms with Crippen LogP contribution in [0.2, 0.25) is 5.02 Å². The molecular weight excluding hydrogens is 364 g/mol. The van der Waals surface area contributed by atoms with Crippen molar-refractivity contribution in [2.75, 3.05) is 16.8 Å². The number of halogens is 1. The Balaban J connectivity index is 1.66. The van der Waals surface area contributed by atoms with E-state index in [0.29, 0.717) is 17.3 Å². The van der Waals surface area contributed by atoms with Crippen molar-refractivity contribution in [3.05, 3.63) is 46.6 Å². The number of amides is 1. The molecule has 2 heterocycles. The zero-order chi connectivity index (χ0) is 18.0. The molecule has 1 saturated heterocycles. The van der Waals surface area contributed by atoms with E-state index >= 15 is 0 Å². The number of nitrogens with one attached hydrogen (secondary N) is 2. The molecule has 2 N–H and O–H groups in total. The predicted molar refractivity (Wildman–Crippen MR) is 96.0 cm³/mol. The molecule has 132 valence electrons. The highest BCUT2D eigenvalue weighted by atomic mass is 35.5. The number of carbonyl (C=O) groups excluding carboxylic acids is 1. The van der Waals surface area contributed by atoms with Crippen LogP contribution < -0.4 is 10.6 Å². The molecule has 3 rings (SSSR count). The van der Waals surface area contributed by atoms with Gasteiger partial charge < -0.3 is 10.6 Å². The van der Waals surface area contributed by atoms with Crippen LogP contribution in [0, 0.1) is 6.92 Å². The summed E-state index contributed by atoms with van der Waals surface area (Å²) in [6.45, 7) is 1.88. The van der Waals surface area contributed by atoms with Crippen molar-refractivity contribution in [2.45, 2.75) is 19.4 Å². The van der Waals surface area contributed by atoms with Crippen molar-refractivity contribution in [1.29, 1.82) is 0 Å². The number of hydrogen-bond donors (Lipinski definition) is 2. The van der Waals surface area contributed by atoms with Gasteiger partial charge in [-0.1, -0.05) is 17.7 Å². The van der Waals surface area contributed by atoms with E-state index in [2.05, 4.69) is 20.8 Å². The third-order valence-corrected chi connectivity index (χ3v) is 6.17. The molecule has 0 saturated carbocycles. The van der Waals surface area contributed by atoms with Gasteiger partial charge in [0.05, 0.1) is 11.5 Å². The summed E-state index contributed by atoms with van der Waals surface area (Å²) in [7, 11) is -3.04. The fourth-order valence-electron chi connectivity index (χ4n) is 2.57. The summed E-state index contributed by atoms with van der Waals surface area (Å²) in [5, 5.41) is 14.3. The molecule has 0 bridgehead atoms. The van der Waals surface area contributed by atoms with E-state index in [-0.39, 0.29) is 23.2 Å². The van der Waals surface area contributed by atoms with E-state index in [1.807, 2.05) is 19.1 Å². The van der Waals surface area contributed by atoms with Crippen molar-refractivity contribution in [3.63, 3.8) is 0 Å². The topological polar surface area (TPSA) is 101 Å². The van der Waals surface area contributed by atoms with Gasteiger partial charge in [-0.3, -0.25) is 4.79 Å². The van der Waals surface area contributed by atoms with E-state index in [4.69, 9.17) is 11.6 Å². The molecule has 0 radical (unpaired) electrons. The second kappa shape index (κ2) is 6.97. The molecule has 0 spiro atoms. The summed E-state index contributed by atoms with van der Waals surface area (Å²) < 4.78 is 22.9. The summed E-state index contributed by atoms with van der Waals surface area (Å²) >= 11 is 6.08. The van der Waals surface area contributed by atoms with Crippen molar-refractivity contribution in [2.24, 2.45) is 0 Å². The maximum Gasteiger partial charge on any atom is 0.272 e. The first-order valence-electron chi connectivity index (χ1n) is 7.71. The average Bonchev–Trinajstić information content (AvgIpc) is 2.91. The van der Waals surface area contributed by atoms with Gasteiger partial charge in [0.2, 0.25) is 0 Å². The minimum Gasteiger partial charge on any atom is -0.347 e. The highest BCUT2D eigenvalue weighted by Gasteiger charge is 2.29. The Morgan fingerprint density at radius 1 is 1.24 bits per heavy atom. The highest BCUT2D eigenvalue weighted by Crippen LogP contribution is 2.25. The van der Waals surface area contributed by atoms with Crippen LogP contribution in [0.3, 0.4) is 0 Å². The quantitative estimate of drug-likeness (QED) is 0.842. The van der Waals surface area contributed by atoms with Crippen LogP contribution in [0.1, 0.15) is 22.5 Å². The number of aromatic nitrogens is 2. The van der Waals surface area contributed by atoms with Crippen LogP contribution in [0.15, 0.2) is 30.3 Å². The Morgan fingerprint density at radius 3 is 2.68 bits per heavy atom. The number of carbonyl (C=O) groups is 1. The van der Waals surface area contributed by atoms with Gasteiger partial charge in [-0.05, 0) is 43.2 Å². The number of anilines is 2. The molecule has 1 aliphatic heterocycles. The summed E-state index contributed by atoms with van der Waals surface area (Å²) in [4.78, 5) is 12.1. The smallest absolute Gasteiger partial charge is 0.272 e. The van der Waals surface area contributed by atoms with Crippen molar-refractivity contribution in [3.8, 4) is 0 Å². The molecular formula is C16H17ClN4O3S. The summed E-state index contributed by atoms with van der Waals surface area (Å²) in [6.07, 6.45) is 0.426. The Kier molecular flexibility index (Phi) is 4.91. The predicted octanol–water partition coefficient (Wildman–Crippen LogP) is 2.10. The lowest BCUT2D eigenvalue weighted by Gasteiger charge is -2.11. The van der Waals surface area contributed by atoms with E-state index < -0.39 is 15.7 Å². The minimum atomic E-state index is -3.04. The maximum atomic E-state index is 12.1. The van der Waals surface area contributed by atoms with Gasteiger partial charge in [0, 0.05) is 16.8 Å². The zero-order valence-corrected chi connectivity index (χ0v) is 15.1. The van der Waals surface area contributed by atoms with Gasteiger partial charge in [-0.25, -0.2) is 8.42 Å². The van der Waals surface area contributed by atoms with Crippen LogP contribution in [-0.2, 0) is 9.84 Å². The van der Waals surface area contributed by atoms with Gasteiger partial charge in [-0.15, -0.1) is 10.2 Å². The Morgan fingerprint density at radius 2 is 2.04 bits per heavy atom. The van der Waals surface area contributed by atoms with E-state index in [9.17, 15) is 13.2 Å². The lowest BCUT2D eigenvalue weighted by molar-refractivity contribution is 0.0935. The minimum absolute atomic E-state index is 0.0279. The largest absolute Gasteiger partial charge is 0.347 e. The summed E-state index contributed by atoms with van der Waals surface area (Å²) in [6, 6.07) is 8.28. The molecule has 2 aromatic rings. The number of sulfone groups is 1. The molecule has 9 heteroatoms. The Labute approximate surface area is 150 Å². The molecule has 1 unspecified atom stereocenters. The molecule has 1 aromatic heterocycles. The Hall–Kier alpha value is -2.19.